The molecule has 0 bridgehead atoms. The van der Waals surface area contributed by atoms with Gasteiger partial charge in [0.1, 0.15) is 5.82 Å². The van der Waals surface area contributed by atoms with E-state index in [0.717, 1.165) is 11.1 Å². The predicted molar refractivity (Wildman–Crippen MR) is 90.7 cm³/mol. The molecule has 2 aromatic rings. The molecule has 0 radical (unpaired) electrons. The molecule has 0 aliphatic heterocycles. The van der Waals surface area contributed by atoms with E-state index in [-0.39, 0.29) is 18.4 Å². The minimum absolute atomic E-state index is 0.0925. The highest BCUT2D eigenvalue weighted by Gasteiger charge is 2.09. The Morgan fingerprint density at radius 1 is 1.35 bits per heavy atom. The summed E-state index contributed by atoms with van der Waals surface area (Å²) in [5, 5.41) is 9.38. The molecule has 1 heterocycles. The minimum atomic E-state index is -0.939. The third kappa shape index (κ3) is 4.53. The number of carboxylic acids is 1. The van der Waals surface area contributed by atoms with Crippen molar-refractivity contribution in [2.24, 2.45) is 0 Å². The average molecular weight is 333 g/mol. The smallest absolute Gasteiger partial charge is 0.303 e. The number of nitrogens with one attached hydrogen (secondary N) is 1. The molecule has 0 aliphatic carbocycles. The number of rotatable bonds is 5. The van der Waals surface area contributed by atoms with E-state index in [4.69, 9.17) is 16.7 Å². The summed E-state index contributed by atoms with van der Waals surface area (Å²) >= 11 is 5.92. The monoisotopic (exact) mass is 332 g/mol. The summed E-state index contributed by atoms with van der Waals surface area (Å²) < 4.78 is 0. The summed E-state index contributed by atoms with van der Waals surface area (Å²) in [4.78, 5) is 29.7. The number of nitrogens with zero attached hydrogens (tertiary/aromatic N) is 1. The molecule has 0 spiro atoms. The maximum atomic E-state index is 12.1. The molecule has 23 heavy (non-hydrogen) atoms. The van der Waals surface area contributed by atoms with E-state index in [1.807, 2.05) is 25.1 Å². The topological polar surface area (TPSA) is 83.0 Å². The van der Waals surface area contributed by atoms with Crippen molar-refractivity contribution in [2.75, 3.05) is 0 Å². The second kappa shape index (κ2) is 7.24. The van der Waals surface area contributed by atoms with Crippen LogP contribution in [-0.4, -0.2) is 21.0 Å². The van der Waals surface area contributed by atoms with Crippen LogP contribution in [0.15, 0.2) is 23.0 Å². The van der Waals surface area contributed by atoms with Gasteiger partial charge in [0.15, 0.2) is 0 Å². The Kier molecular flexibility index (Phi) is 5.34. The molecule has 0 saturated heterocycles. The van der Waals surface area contributed by atoms with Gasteiger partial charge in [0.25, 0.3) is 5.56 Å². The zero-order valence-corrected chi connectivity index (χ0v) is 13.6. The lowest BCUT2D eigenvalue weighted by Crippen LogP contribution is -2.18. The molecule has 6 heteroatoms. The first kappa shape index (κ1) is 17.0. The molecule has 5 nitrogen and oxygen atoms in total. The van der Waals surface area contributed by atoms with Crippen LogP contribution < -0.4 is 5.56 Å². The standard InChI is InChI=1S/C17H17ClN2O3/c1-10-9-13(18)5-3-12(10)4-7-15-19-11(2)14(17(23)20-15)6-8-16(21)22/h3-5,7,9H,6,8H2,1-2H3,(H,21,22)(H,19,20,23)/b7-4+. The molecule has 0 atom stereocenters. The maximum absolute atomic E-state index is 12.1. The fourth-order valence-electron chi connectivity index (χ4n) is 2.23. The van der Waals surface area contributed by atoms with Gasteiger partial charge in [0.2, 0.25) is 0 Å². The van der Waals surface area contributed by atoms with Gasteiger partial charge in [0, 0.05) is 22.7 Å². The molecule has 0 saturated carbocycles. The summed E-state index contributed by atoms with van der Waals surface area (Å²) in [7, 11) is 0. The number of halogens is 1. The number of hydrogen-bond donors (Lipinski definition) is 2. The van der Waals surface area contributed by atoms with Crippen LogP contribution in [0.5, 0.6) is 0 Å². The lowest BCUT2D eigenvalue weighted by molar-refractivity contribution is -0.136. The zero-order chi connectivity index (χ0) is 17.0. The number of aryl methyl sites for hydroxylation is 2. The van der Waals surface area contributed by atoms with Crippen LogP contribution in [0.1, 0.15) is 34.6 Å². The van der Waals surface area contributed by atoms with Gasteiger partial charge in [0.05, 0.1) is 0 Å². The van der Waals surface area contributed by atoms with E-state index < -0.39 is 5.97 Å². The van der Waals surface area contributed by atoms with Crippen LogP contribution in [-0.2, 0) is 11.2 Å². The maximum Gasteiger partial charge on any atom is 0.303 e. The molecular formula is C17H17ClN2O3. The van der Waals surface area contributed by atoms with E-state index >= 15 is 0 Å². The predicted octanol–water partition coefficient (Wildman–Crippen LogP) is 3.23. The van der Waals surface area contributed by atoms with Gasteiger partial charge in [-0.2, -0.15) is 0 Å². The van der Waals surface area contributed by atoms with Crippen molar-refractivity contribution >= 4 is 29.7 Å². The van der Waals surface area contributed by atoms with Gasteiger partial charge in [-0.25, -0.2) is 4.98 Å². The van der Waals surface area contributed by atoms with Gasteiger partial charge in [-0.3, -0.25) is 9.59 Å². The highest BCUT2D eigenvalue weighted by atomic mass is 35.5. The van der Waals surface area contributed by atoms with Crippen molar-refractivity contribution in [3.8, 4) is 0 Å². The Balaban J connectivity index is 2.26. The Hall–Kier alpha value is -2.40. The third-order valence-corrected chi connectivity index (χ3v) is 3.72. The number of aromatic amines is 1. The highest BCUT2D eigenvalue weighted by molar-refractivity contribution is 6.30. The van der Waals surface area contributed by atoms with Gasteiger partial charge in [-0.15, -0.1) is 0 Å². The van der Waals surface area contributed by atoms with E-state index in [2.05, 4.69) is 9.97 Å². The van der Waals surface area contributed by atoms with E-state index in [1.54, 1.807) is 19.1 Å². The first-order valence-electron chi connectivity index (χ1n) is 7.12. The second-order valence-electron chi connectivity index (χ2n) is 5.24. The van der Waals surface area contributed by atoms with Crippen LogP contribution in [0, 0.1) is 13.8 Å². The molecule has 1 aromatic heterocycles. The van der Waals surface area contributed by atoms with Crippen LogP contribution in [0.4, 0.5) is 0 Å². The lowest BCUT2D eigenvalue weighted by atomic mass is 10.1. The summed E-state index contributed by atoms with van der Waals surface area (Å²) in [6.07, 6.45) is 3.64. The molecule has 2 rings (SSSR count). The Morgan fingerprint density at radius 2 is 2.09 bits per heavy atom. The molecule has 0 amide bonds. The van der Waals surface area contributed by atoms with E-state index in [1.165, 1.54) is 0 Å². The number of benzene rings is 1. The van der Waals surface area contributed by atoms with Crippen molar-refractivity contribution in [3.63, 3.8) is 0 Å². The number of hydrogen-bond acceptors (Lipinski definition) is 3. The molecular weight excluding hydrogens is 316 g/mol. The van der Waals surface area contributed by atoms with Crippen LogP contribution in [0.3, 0.4) is 0 Å². The number of aromatic nitrogens is 2. The second-order valence-corrected chi connectivity index (χ2v) is 5.68. The average Bonchev–Trinajstić information content (AvgIpc) is 2.45. The number of carbonyl (C=O) groups is 1. The van der Waals surface area contributed by atoms with Crippen molar-refractivity contribution in [2.45, 2.75) is 26.7 Å². The molecule has 1 aromatic carbocycles. The van der Waals surface area contributed by atoms with Gasteiger partial charge < -0.3 is 10.1 Å². The fourth-order valence-corrected chi connectivity index (χ4v) is 2.46. The van der Waals surface area contributed by atoms with E-state index in [9.17, 15) is 9.59 Å². The van der Waals surface area contributed by atoms with Crippen LogP contribution in [0.25, 0.3) is 12.2 Å². The van der Waals surface area contributed by atoms with Gasteiger partial charge in [-0.05, 0) is 49.6 Å². The highest BCUT2D eigenvalue weighted by Crippen LogP contribution is 2.17. The van der Waals surface area contributed by atoms with Crippen LogP contribution >= 0.6 is 11.6 Å². The number of H-pyrrole nitrogens is 1. The summed E-state index contributed by atoms with van der Waals surface area (Å²) in [6, 6.07) is 5.54. The van der Waals surface area contributed by atoms with Gasteiger partial charge >= 0.3 is 5.97 Å². The SMILES string of the molecule is Cc1cc(Cl)ccc1/C=C/c1nc(C)c(CCC(=O)O)c(=O)[nH]1. The number of aliphatic carboxylic acids is 1. The van der Waals surface area contributed by atoms with Crippen LogP contribution in [0.2, 0.25) is 5.02 Å². The quantitative estimate of drug-likeness (QED) is 0.880. The normalized spacial score (nSPS) is 11.1. The Labute approximate surface area is 138 Å². The Morgan fingerprint density at radius 3 is 2.70 bits per heavy atom. The first-order chi connectivity index (χ1) is 10.9. The lowest BCUT2D eigenvalue weighted by Gasteiger charge is -2.04. The fraction of sp³-hybridized carbons (Fsp3) is 0.235. The third-order valence-electron chi connectivity index (χ3n) is 3.48. The molecule has 0 aliphatic rings. The number of carboxylic acid groups (broad SMARTS) is 1. The summed E-state index contributed by atoms with van der Waals surface area (Å²) in [5.74, 6) is -0.507. The van der Waals surface area contributed by atoms with E-state index in [0.29, 0.717) is 22.1 Å². The molecule has 0 fully saturated rings. The molecule has 0 unspecified atom stereocenters. The first-order valence-corrected chi connectivity index (χ1v) is 7.50. The van der Waals surface area contributed by atoms with Crippen molar-refractivity contribution in [3.05, 3.63) is 61.8 Å². The van der Waals surface area contributed by atoms with Crippen molar-refractivity contribution in [1.82, 2.24) is 9.97 Å². The summed E-state index contributed by atoms with van der Waals surface area (Å²) in [5.41, 5.74) is 2.65. The largest absolute Gasteiger partial charge is 0.481 e. The Bertz CT molecular complexity index is 825. The molecule has 2 N–H and O–H groups in total. The van der Waals surface area contributed by atoms with Crippen molar-refractivity contribution < 1.29 is 9.90 Å². The van der Waals surface area contributed by atoms with Gasteiger partial charge in [-0.1, -0.05) is 23.7 Å². The van der Waals surface area contributed by atoms with Crippen molar-refractivity contribution in [1.29, 1.82) is 0 Å². The summed E-state index contributed by atoms with van der Waals surface area (Å²) in [6.45, 7) is 3.65. The zero-order valence-electron chi connectivity index (χ0n) is 12.9. The molecule has 120 valence electrons. The minimum Gasteiger partial charge on any atom is -0.481 e.